The summed E-state index contributed by atoms with van der Waals surface area (Å²) >= 11 is 0. The molecule has 1 atom stereocenters. The summed E-state index contributed by atoms with van der Waals surface area (Å²) in [5.74, 6) is 0.738. The standard InChI is InChI=1S/C8H15N/c1-2-8(9)7-5-3-4-6-7/h2,7-8H,1,3-6,9H2. The molecule has 0 aromatic rings. The number of rotatable bonds is 2. The third kappa shape index (κ3) is 1.55. The Balaban J connectivity index is 2.32. The van der Waals surface area contributed by atoms with Crippen molar-refractivity contribution in [1.82, 2.24) is 0 Å². The van der Waals surface area contributed by atoms with Crippen LogP contribution in [0, 0.1) is 5.92 Å². The molecule has 1 aliphatic rings. The van der Waals surface area contributed by atoms with E-state index >= 15 is 0 Å². The number of nitrogens with two attached hydrogens (primary N) is 1. The Labute approximate surface area is 56.9 Å². The molecule has 0 amide bonds. The summed E-state index contributed by atoms with van der Waals surface area (Å²) < 4.78 is 0. The fourth-order valence-corrected chi connectivity index (χ4v) is 1.53. The van der Waals surface area contributed by atoms with Gasteiger partial charge in [0.05, 0.1) is 0 Å². The third-order valence-electron chi connectivity index (χ3n) is 2.22. The van der Waals surface area contributed by atoms with Crippen molar-refractivity contribution < 1.29 is 0 Å². The molecule has 0 spiro atoms. The smallest absolute Gasteiger partial charge is 0.0249 e. The van der Waals surface area contributed by atoms with Gasteiger partial charge in [0.15, 0.2) is 0 Å². The van der Waals surface area contributed by atoms with Gasteiger partial charge in [0, 0.05) is 6.04 Å². The van der Waals surface area contributed by atoms with Crippen molar-refractivity contribution in [2.45, 2.75) is 31.7 Å². The van der Waals surface area contributed by atoms with E-state index in [9.17, 15) is 0 Å². The summed E-state index contributed by atoms with van der Waals surface area (Å²) in [6.45, 7) is 3.68. The fourth-order valence-electron chi connectivity index (χ4n) is 1.53. The lowest BCUT2D eigenvalue weighted by Crippen LogP contribution is -2.25. The summed E-state index contributed by atoms with van der Waals surface area (Å²) in [6, 6.07) is 0.257. The summed E-state index contributed by atoms with van der Waals surface area (Å²) in [5.41, 5.74) is 5.76. The monoisotopic (exact) mass is 125 g/mol. The van der Waals surface area contributed by atoms with Gasteiger partial charge in [0.25, 0.3) is 0 Å². The second-order valence-electron chi connectivity index (χ2n) is 2.86. The van der Waals surface area contributed by atoms with Crippen LogP contribution >= 0.6 is 0 Å². The molecule has 1 aliphatic carbocycles. The lowest BCUT2D eigenvalue weighted by atomic mass is 9.99. The van der Waals surface area contributed by atoms with Crippen LogP contribution in [0.25, 0.3) is 0 Å². The van der Waals surface area contributed by atoms with Gasteiger partial charge in [-0.15, -0.1) is 6.58 Å². The molecule has 0 aromatic carbocycles. The minimum Gasteiger partial charge on any atom is -0.324 e. The lowest BCUT2D eigenvalue weighted by Gasteiger charge is -2.12. The van der Waals surface area contributed by atoms with Crippen molar-refractivity contribution in [3.05, 3.63) is 12.7 Å². The van der Waals surface area contributed by atoms with Crippen LogP contribution in [0.4, 0.5) is 0 Å². The Morgan fingerprint density at radius 3 is 2.44 bits per heavy atom. The maximum Gasteiger partial charge on any atom is 0.0249 e. The average Bonchev–Trinajstić information content (AvgIpc) is 2.37. The zero-order valence-corrected chi connectivity index (χ0v) is 5.84. The topological polar surface area (TPSA) is 26.0 Å². The minimum atomic E-state index is 0.257. The van der Waals surface area contributed by atoms with Crippen molar-refractivity contribution in [3.63, 3.8) is 0 Å². The molecule has 0 aromatic heterocycles. The van der Waals surface area contributed by atoms with E-state index in [1.807, 2.05) is 6.08 Å². The first-order valence-electron chi connectivity index (χ1n) is 3.72. The van der Waals surface area contributed by atoms with E-state index in [0.717, 1.165) is 5.92 Å². The summed E-state index contributed by atoms with van der Waals surface area (Å²) in [4.78, 5) is 0. The van der Waals surface area contributed by atoms with Gasteiger partial charge in [-0.1, -0.05) is 18.9 Å². The Kier molecular flexibility index (Phi) is 2.29. The van der Waals surface area contributed by atoms with Gasteiger partial charge in [0.2, 0.25) is 0 Å². The molecule has 0 saturated heterocycles. The van der Waals surface area contributed by atoms with Gasteiger partial charge >= 0.3 is 0 Å². The van der Waals surface area contributed by atoms with Crippen molar-refractivity contribution in [3.8, 4) is 0 Å². The molecule has 52 valence electrons. The van der Waals surface area contributed by atoms with Gasteiger partial charge in [-0.25, -0.2) is 0 Å². The number of hydrogen-bond acceptors (Lipinski definition) is 1. The Hall–Kier alpha value is -0.300. The third-order valence-corrected chi connectivity index (χ3v) is 2.22. The molecule has 0 heterocycles. The van der Waals surface area contributed by atoms with E-state index in [1.165, 1.54) is 25.7 Å². The molecular weight excluding hydrogens is 110 g/mol. The Morgan fingerprint density at radius 2 is 2.00 bits per heavy atom. The van der Waals surface area contributed by atoms with Crippen molar-refractivity contribution >= 4 is 0 Å². The van der Waals surface area contributed by atoms with Crippen LogP contribution in [0.5, 0.6) is 0 Å². The number of hydrogen-bond donors (Lipinski definition) is 1. The van der Waals surface area contributed by atoms with Gasteiger partial charge in [-0.2, -0.15) is 0 Å². The first-order valence-corrected chi connectivity index (χ1v) is 3.72. The first kappa shape index (κ1) is 6.81. The lowest BCUT2D eigenvalue weighted by molar-refractivity contribution is 0.491. The van der Waals surface area contributed by atoms with Crippen LogP contribution < -0.4 is 5.73 Å². The molecule has 1 heteroatoms. The molecule has 1 saturated carbocycles. The second-order valence-corrected chi connectivity index (χ2v) is 2.86. The molecule has 9 heavy (non-hydrogen) atoms. The van der Waals surface area contributed by atoms with E-state index in [-0.39, 0.29) is 6.04 Å². The summed E-state index contributed by atoms with van der Waals surface area (Å²) in [6.07, 6.45) is 7.23. The summed E-state index contributed by atoms with van der Waals surface area (Å²) in [7, 11) is 0. The van der Waals surface area contributed by atoms with Crippen LogP contribution in [0.3, 0.4) is 0 Å². The molecule has 0 radical (unpaired) electrons. The fraction of sp³-hybridized carbons (Fsp3) is 0.750. The normalized spacial score (nSPS) is 24.1. The van der Waals surface area contributed by atoms with Crippen LogP contribution in [0.15, 0.2) is 12.7 Å². The van der Waals surface area contributed by atoms with Gasteiger partial charge in [-0.3, -0.25) is 0 Å². The maximum absolute atomic E-state index is 5.76. The Bertz CT molecular complexity index is 92.7. The predicted octanol–water partition coefficient (Wildman–Crippen LogP) is 1.69. The zero-order valence-electron chi connectivity index (χ0n) is 5.84. The van der Waals surface area contributed by atoms with Crippen LogP contribution in [-0.2, 0) is 0 Å². The van der Waals surface area contributed by atoms with Gasteiger partial charge in [0.1, 0.15) is 0 Å². The zero-order chi connectivity index (χ0) is 6.69. The highest BCUT2D eigenvalue weighted by molar-refractivity contribution is 4.90. The molecule has 0 bridgehead atoms. The molecule has 1 rings (SSSR count). The van der Waals surface area contributed by atoms with E-state index in [1.54, 1.807) is 0 Å². The SMILES string of the molecule is C=CC(N)C1CCCC1. The van der Waals surface area contributed by atoms with Gasteiger partial charge < -0.3 is 5.73 Å². The molecule has 1 nitrogen and oxygen atoms in total. The summed E-state index contributed by atoms with van der Waals surface area (Å²) in [5, 5.41) is 0. The average molecular weight is 125 g/mol. The van der Waals surface area contributed by atoms with E-state index in [0.29, 0.717) is 0 Å². The molecule has 2 N–H and O–H groups in total. The van der Waals surface area contributed by atoms with Crippen molar-refractivity contribution in [1.29, 1.82) is 0 Å². The minimum absolute atomic E-state index is 0.257. The van der Waals surface area contributed by atoms with Crippen molar-refractivity contribution in [2.75, 3.05) is 0 Å². The quantitative estimate of drug-likeness (QED) is 0.558. The van der Waals surface area contributed by atoms with Crippen LogP contribution in [-0.4, -0.2) is 6.04 Å². The second kappa shape index (κ2) is 3.02. The van der Waals surface area contributed by atoms with E-state index in [4.69, 9.17) is 5.73 Å². The first-order chi connectivity index (χ1) is 4.34. The maximum atomic E-state index is 5.76. The largest absolute Gasteiger partial charge is 0.324 e. The predicted molar refractivity (Wildman–Crippen MR) is 40.1 cm³/mol. The molecule has 0 aliphatic heterocycles. The highest BCUT2D eigenvalue weighted by Gasteiger charge is 2.18. The van der Waals surface area contributed by atoms with Crippen LogP contribution in [0.1, 0.15) is 25.7 Å². The molecule has 1 fully saturated rings. The highest BCUT2D eigenvalue weighted by Crippen LogP contribution is 2.26. The Morgan fingerprint density at radius 1 is 1.44 bits per heavy atom. The van der Waals surface area contributed by atoms with Crippen LogP contribution in [0.2, 0.25) is 0 Å². The molecular formula is C8H15N. The molecule has 1 unspecified atom stereocenters. The van der Waals surface area contributed by atoms with E-state index in [2.05, 4.69) is 6.58 Å². The highest BCUT2D eigenvalue weighted by atomic mass is 14.6. The van der Waals surface area contributed by atoms with E-state index < -0.39 is 0 Å². The van der Waals surface area contributed by atoms with Crippen molar-refractivity contribution in [2.24, 2.45) is 11.7 Å². The van der Waals surface area contributed by atoms with Gasteiger partial charge in [-0.05, 0) is 18.8 Å².